The lowest BCUT2D eigenvalue weighted by atomic mass is 9.95. The Balaban J connectivity index is 1.31. The molecule has 0 spiro atoms. The number of halogens is 9. The Morgan fingerprint density at radius 2 is 0.767 bits per heavy atom. The van der Waals surface area contributed by atoms with Crippen molar-refractivity contribution in [2.75, 3.05) is 0 Å². The molecule has 0 bridgehead atoms. The molecule has 0 N–H and O–H groups in total. The minimum absolute atomic E-state index is 0.0433. The van der Waals surface area contributed by atoms with Crippen molar-refractivity contribution in [2.24, 2.45) is 0 Å². The minimum Gasteiger partial charge on any atom is -0.308 e. The summed E-state index contributed by atoms with van der Waals surface area (Å²) < 4.78 is 135. The normalized spacial score (nSPS) is 12.2. The van der Waals surface area contributed by atoms with Crippen molar-refractivity contribution in [3.8, 4) is 84.6 Å². The van der Waals surface area contributed by atoms with Crippen LogP contribution in [0.4, 0.5) is 39.5 Å². The molecule has 5 nitrogen and oxygen atoms in total. The van der Waals surface area contributed by atoms with E-state index >= 15 is 13.2 Å². The Kier molecular flexibility index (Phi) is 11.5. The van der Waals surface area contributed by atoms with Gasteiger partial charge in [0.1, 0.15) is 0 Å². The van der Waals surface area contributed by atoms with Crippen molar-refractivity contribution in [2.45, 2.75) is 18.5 Å². The highest BCUT2D eigenvalue weighted by molar-refractivity contribution is 6.11. The minimum atomic E-state index is -5.22. The molecule has 0 aliphatic heterocycles. The molecular weight excluding hydrogens is 950 g/mol. The number of fused-ring (bicyclic) bond motifs is 3. The van der Waals surface area contributed by atoms with E-state index in [1.807, 2.05) is 18.2 Å². The highest BCUT2D eigenvalue weighted by Gasteiger charge is 2.39. The van der Waals surface area contributed by atoms with Crippen LogP contribution < -0.4 is 0 Å². The number of benzene rings is 8. The van der Waals surface area contributed by atoms with Crippen LogP contribution in [0.25, 0.3) is 106 Å². The zero-order chi connectivity index (χ0) is 50.6. The van der Waals surface area contributed by atoms with Crippen LogP contribution in [-0.2, 0) is 18.5 Å². The van der Waals surface area contributed by atoms with Gasteiger partial charge in [-0.15, -0.1) is 0 Å². The fourth-order valence-electron chi connectivity index (χ4n) is 9.13. The monoisotopic (exact) mass is 983 g/mol. The third-order valence-electron chi connectivity index (χ3n) is 12.5. The van der Waals surface area contributed by atoms with E-state index in [2.05, 4.69) is 0 Å². The molecule has 11 aromatic rings. The van der Waals surface area contributed by atoms with Crippen LogP contribution in [0.3, 0.4) is 0 Å². The summed E-state index contributed by atoms with van der Waals surface area (Å²) in [7, 11) is 0. The number of rotatable bonds is 8. The summed E-state index contributed by atoms with van der Waals surface area (Å²) in [5.74, 6) is 0.0504. The van der Waals surface area contributed by atoms with Crippen molar-refractivity contribution in [3.05, 3.63) is 223 Å². The predicted molar refractivity (Wildman–Crippen MR) is 265 cm³/mol. The molecular formula is C59H34F9N5. The summed E-state index contributed by atoms with van der Waals surface area (Å²) in [5.41, 5.74) is -0.648. The number of alkyl halides is 9. The Hall–Kier alpha value is -8.91. The van der Waals surface area contributed by atoms with Gasteiger partial charge in [0.15, 0.2) is 11.6 Å². The number of hydrogen-bond acceptors (Lipinski definition) is 4. The average Bonchev–Trinajstić information content (AvgIpc) is 3.73. The van der Waals surface area contributed by atoms with Crippen LogP contribution in [-0.4, -0.2) is 24.5 Å². The first-order chi connectivity index (χ1) is 35.1. The predicted octanol–water partition coefficient (Wildman–Crippen LogP) is 17.1. The molecule has 8 aromatic carbocycles. The largest absolute Gasteiger partial charge is 0.417 e. The maximum atomic E-state index is 15.8. The second kappa shape index (κ2) is 18.0. The van der Waals surface area contributed by atoms with E-state index in [-0.39, 0.29) is 51.3 Å². The standard InChI is InChI=1S/C59H34F9N5/c60-57(61,62)40-26-28-42(47(32-40)59(66,67)68)39-25-27-44-43-23-13-14-24-52(43)73(53(44)29-39)54-45(51-34-50(37-19-9-3-10-20-37)69-55(72-51)38-21-11-4-12-22-38)30-41(58(63,64)65)31-46(54)56-70-48(35-15-5-1-6-16-35)33-49(71-56)36-17-7-2-8-18-36/h1-34H. The van der Waals surface area contributed by atoms with E-state index in [9.17, 15) is 26.3 Å². The molecule has 73 heavy (non-hydrogen) atoms. The molecule has 0 atom stereocenters. The van der Waals surface area contributed by atoms with Gasteiger partial charge in [0.2, 0.25) is 0 Å². The fourth-order valence-corrected chi connectivity index (χ4v) is 9.13. The van der Waals surface area contributed by atoms with Gasteiger partial charge in [0, 0.05) is 44.2 Å². The molecule has 11 rings (SSSR count). The van der Waals surface area contributed by atoms with Gasteiger partial charge >= 0.3 is 18.5 Å². The van der Waals surface area contributed by atoms with Gasteiger partial charge in [-0.2, -0.15) is 39.5 Å². The van der Waals surface area contributed by atoms with E-state index in [0.717, 1.165) is 18.2 Å². The Morgan fingerprint density at radius 3 is 1.32 bits per heavy atom. The molecule has 0 amide bonds. The molecule has 0 aliphatic carbocycles. The molecule has 0 unspecified atom stereocenters. The maximum absolute atomic E-state index is 15.8. The summed E-state index contributed by atoms with van der Waals surface area (Å²) in [6.07, 6.45) is -15.3. The van der Waals surface area contributed by atoms with Gasteiger partial charge in [0.25, 0.3) is 0 Å². The highest BCUT2D eigenvalue weighted by Crippen LogP contribution is 2.47. The van der Waals surface area contributed by atoms with Gasteiger partial charge < -0.3 is 4.57 Å². The van der Waals surface area contributed by atoms with E-state index in [1.54, 1.807) is 150 Å². The topological polar surface area (TPSA) is 56.5 Å². The molecule has 3 heterocycles. The number of nitrogens with zero attached hydrogens (tertiary/aromatic N) is 5. The van der Waals surface area contributed by atoms with Crippen LogP contribution in [0.1, 0.15) is 16.7 Å². The summed E-state index contributed by atoms with van der Waals surface area (Å²) in [5, 5.41) is 1.03. The fraction of sp³-hybridized carbons (Fsp3) is 0.0508. The quantitative estimate of drug-likeness (QED) is 0.142. The van der Waals surface area contributed by atoms with E-state index in [0.29, 0.717) is 61.7 Å². The van der Waals surface area contributed by atoms with E-state index in [4.69, 9.17) is 19.9 Å². The van der Waals surface area contributed by atoms with Crippen molar-refractivity contribution in [1.29, 1.82) is 0 Å². The lowest BCUT2D eigenvalue weighted by molar-refractivity contribution is -0.143. The maximum Gasteiger partial charge on any atom is 0.417 e. The molecule has 14 heteroatoms. The molecule has 0 aliphatic rings. The Morgan fingerprint density at radius 1 is 0.301 bits per heavy atom. The molecule has 0 radical (unpaired) electrons. The average molecular weight is 984 g/mol. The van der Waals surface area contributed by atoms with Gasteiger partial charge in [-0.05, 0) is 59.7 Å². The second-order valence-electron chi connectivity index (χ2n) is 17.1. The van der Waals surface area contributed by atoms with Crippen molar-refractivity contribution in [1.82, 2.24) is 24.5 Å². The van der Waals surface area contributed by atoms with E-state index < -0.39 is 40.8 Å². The van der Waals surface area contributed by atoms with Crippen LogP contribution in [0, 0.1) is 0 Å². The first-order valence-electron chi connectivity index (χ1n) is 22.7. The zero-order valence-corrected chi connectivity index (χ0v) is 37.8. The number of aromatic nitrogens is 5. The van der Waals surface area contributed by atoms with Crippen LogP contribution in [0.15, 0.2) is 206 Å². The van der Waals surface area contributed by atoms with Crippen LogP contribution in [0.5, 0.6) is 0 Å². The van der Waals surface area contributed by atoms with E-state index in [1.165, 1.54) is 12.1 Å². The van der Waals surface area contributed by atoms with Gasteiger partial charge in [-0.1, -0.05) is 158 Å². The summed E-state index contributed by atoms with van der Waals surface area (Å²) >= 11 is 0. The highest BCUT2D eigenvalue weighted by atomic mass is 19.4. The second-order valence-corrected chi connectivity index (χ2v) is 17.1. The van der Waals surface area contributed by atoms with Gasteiger partial charge in [0.05, 0.1) is 56.2 Å². The molecule has 0 saturated carbocycles. The van der Waals surface area contributed by atoms with Gasteiger partial charge in [-0.25, -0.2) is 19.9 Å². The van der Waals surface area contributed by atoms with Crippen LogP contribution in [0.2, 0.25) is 0 Å². The number of para-hydroxylation sites is 1. The van der Waals surface area contributed by atoms with Crippen molar-refractivity contribution in [3.63, 3.8) is 0 Å². The smallest absolute Gasteiger partial charge is 0.308 e. The first-order valence-corrected chi connectivity index (χ1v) is 22.7. The van der Waals surface area contributed by atoms with Gasteiger partial charge in [-0.3, -0.25) is 0 Å². The number of hydrogen-bond donors (Lipinski definition) is 0. The van der Waals surface area contributed by atoms with Crippen molar-refractivity contribution < 1.29 is 39.5 Å². The Labute approximate surface area is 410 Å². The summed E-state index contributed by atoms with van der Waals surface area (Å²) in [6, 6.07) is 53.9. The summed E-state index contributed by atoms with van der Waals surface area (Å²) in [4.78, 5) is 19.9. The lowest BCUT2D eigenvalue weighted by Crippen LogP contribution is -2.12. The zero-order valence-electron chi connectivity index (χ0n) is 37.8. The third kappa shape index (κ3) is 8.96. The third-order valence-corrected chi connectivity index (χ3v) is 12.5. The Bertz CT molecular complexity index is 3590. The SMILES string of the molecule is FC(F)(F)c1cc(-c2cc(-c3ccccc3)nc(-c3ccccc3)n2)c(-n2c3ccccc3c3ccc(-c4ccc(C(F)(F)F)cc4C(F)(F)F)cc32)c(-c2nc(-c3ccccc3)cc(-c3ccccc3)n2)c1. The van der Waals surface area contributed by atoms with Crippen LogP contribution >= 0.6 is 0 Å². The van der Waals surface area contributed by atoms with Crippen molar-refractivity contribution >= 4 is 21.8 Å². The first kappa shape index (κ1) is 46.5. The lowest BCUT2D eigenvalue weighted by Gasteiger charge is -2.22. The summed E-state index contributed by atoms with van der Waals surface area (Å²) in [6.45, 7) is 0. The molecule has 0 fully saturated rings. The molecule has 0 saturated heterocycles. The molecule has 358 valence electrons. The molecule has 3 aromatic heterocycles.